The van der Waals surface area contributed by atoms with Crippen molar-refractivity contribution in [3.63, 3.8) is 0 Å². The second kappa shape index (κ2) is 7.31. The summed E-state index contributed by atoms with van der Waals surface area (Å²) < 4.78 is 15.4. The van der Waals surface area contributed by atoms with Crippen molar-refractivity contribution < 1.29 is 4.57 Å². The number of hydrogen-bond donors (Lipinski definition) is 0. The summed E-state index contributed by atoms with van der Waals surface area (Å²) in [5.41, 5.74) is 2.71. The van der Waals surface area contributed by atoms with Crippen molar-refractivity contribution in [3.05, 3.63) is 106 Å². The molecule has 0 radical (unpaired) electrons. The molecule has 6 aromatic rings. The largest absolute Gasteiger partial charge is 0.322 e. The van der Waals surface area contributed by atoms with Crippen molar-refractivity contribution in [2.45, 2.75) is 31.1 Å². The fraction of sp³-hybridized carbons (Fsp3) is 0.176. The zero-order chi connectivity index (χ0) is 24.0. The molecule has 0 bridgehead atoms. The molecule has 2 aliphatic rings. The second-order valence-corrected chi connectivity index (χ2v) is 14.2. The van der Waals surface area contributed by atoms with Gasteiger partial charge in [0, 0.05) is 11.3 Å². The van der Waals surface area contributed by atoms with E-state index in [0.29, 0.717) is 0 Å². The Morgan fingerprint density at radius 2 is 1.00 bits per heavy atom. The topological polar surface area (TPSA) is 17.1 Å². The molecular formula is C34H27OP. The average molecular weight is 483 g/mol. The van der Waals surface area contributed by atoms with Crippen LogP contribution in [0.5, 0.6) is 0 Å². The van der Waals surface area contributed by atoms with Gasteiger partial charge in [0.1, 0.15) is 7.14 Å². The van der Waals surface area contributed by atoms with E-state index in [1.54, 1.807) is 0 Å². The molecule has 0 saturated carbocycles. The highest BCUT2D eigenvalue weighted by molar-refractivity contribution is 7.64. The monoisotopic (exact) mass is 482 g/mol. The van der Waals surface area contributed by atoms with E-state index in [2.05, 4.69) is 104 Å². The molecule has 0 heterocycles. The lowest BCUT2D eigenvalue weighted by Crippen LogP contribution is -2.20. The summed E-state index contributed by atoms with van der Waals surface area (Å²) in [4.78, 5) is 0. The first-order chi connectivity index (χ1) is 17.7. The second-order valence-electron chi connectivity index (χ2n) is 10.6. The van der Waals surface area contributed by atoms with Gasteiger partial charge < -0.3 is 4.57 Å². The maximum atomic E-state index is 15.4. The zero-order valence-corrected chi connectivity index (χ0v) is 21.3. The lowest BCUT2D eigenvalue weighted by molar-refractivity contribution is 0.555. The number of benzene rings is 6. The minimum absolute atomic E-state index is 0.0578. The van der Waals surface area contributed by atoms with Crippen LogP contribution in [0.4, 0.5) is 0 Å². The van der Waals surface area contributed by atoms with Gasteiger partial charge in [-0.15, -0.1) is 0 Å². The van der Waals surface area contributed by atoms with Crippen LogP contribution in [0.15, 0.2) is 84.9 Å². The van der Waals surface area contributed by atoms with Crippen LogP contribution in [0, 0.1) is 0 Å². The van der Waals surface area contributed by atoms with Crippen molar-refractivity contribution in [2.75, 3.05) is 6.16 Å². The Morgan fingerprint density at radius 3 is 1.42 bits per heavy atom. The lowest BCUT2D eigenvalue weighted by Gasteiger charge is -2.37. The van der Waals surface area contributed by atoms with E-state index in [0.717, 1.165) is 19.0 Å². The molecule has 0 aromatic heterocycles. The summed E-state index contributed by atoms with van der Waals surface area (Å²) in [5.74, 6) is 0. The van der Waals surface area contributed by atoms with Gasteiger partial charge in [0.05, 0.1) is 0 Å². The zero-order valence-electron chi connectivity index (χ0n) is 20.4. The Hall–Kier alpha value is -3.41. The van der Waals surface area contributed by atoms with Gasteiger partial charge >= 0.3 is 0 Å². The first-order valence-corrected chi connectivity index (χ1v) is 15.2. The highest BCUT2D eigenvalue weighted by atomic mass is 31.2. The van der Waals surface area contributed by atoms with Crippen molar-refractivity contribution in [3.8, 4) is 0 Å². The molecule has 2 unspecified atom stereocenters. The molecular weight excluding hydrogens is 455 g/mol. The minimum atomic E-state index is -2.64. The molecule has 0 fully saturated rings. The Balaban J connectivity index is 1.37. The van der Waals surface area contributed by atoms with E-state index in [1.165, 1.54) is 64.7 Å². The molecule has 0 amide bonds. The van der Waals surface area contributed by atoms with Crippen LogP contribution >= 0.6 is 7.14 Å². The van der Waals surface area contributed by atoms with E-state index in [-0.39, 0.29) is 11.3 Å². The molecule has 2 aliphatic carbocycles. The normalized spacial score (nSPS) is 20.5. The van der Waals surface area contributed by atoms with Gasteiger partial charge in [-0.2, -0.15) is 0 Å². The third-order valence-corrected chi connectivity index (χ3v) is 13.1. The summed E-state index contributed by atoms with van der Waals surface area (Å²) in [6, 6.07) is 31.2. The molecule has 174 valence electrons. The van der Waals surface area contributed by atoms with E-state index < -0.39 is 7.14 Å². The Labute approximate surface area is 210 Å². The van der Waals surface area contributed by atoms with Crippen molar-refractivity contribution >= 4 is 62.4 Å². The van der Waals surface area contributed by atoms with Gasteiger partial charge in [0.2, 0.25) is 0 Å². The van der Waals surface area contributed by atoms with Crippen LogP contribution in [0.3, 0.4) is 0 Å². The maximum Gasteiger partial charge on any atom is 0.102 e. The van der Waals surface area contributed by atoms with Crippen LogP contribution in [0.1, 0.15) is 42.2 Å². The van der Waals surface area contributed by atoms with Gasteiger partial charge in [0.25, 0.3) is 0 Å². The van der Waals surface area contributed by atoms with Gasteiger partial charge in [0.15, 0.2) is 0 Å². The average Bonchev–Trinajstić information content (AvgIpc) is 2.94. The first-order valence-electron chi connectivity index (χ1n) is 13.1. The molecule has 8 rings (SSSR count). The van der Waals surface area contributed by atoms with E-state index in [1.807, 2.05) is 0 Å². The van der Waals surface area contributed by atoms with Gasteiger partial charge in [-0.25, -0.2) is 0 Å². The summed E-state index contributed by atoms with van der Waals surface area (Å²) >= 11 is 0. The van der Waals surface area contributed by atoms with Crippen LogP contribution < -0.4 is 10.4 Å². The van der Waals surface area contributed by atoms with Gasteiger partial charge in [-0.05, 0) is 83.7 Å². The van der Waals surface area contributed by atoms with Gasteiger partial charge in [-0.1, -0.05) is 104 Å². The van der Waals surface area contributed by atoms with Gasteiger partial charge in [-0.3, -0.25) is 0 Å². The molecule has 0 N–H and O–H groups in total. The first kappa shape index (κ1) is 20.7. The Morgan fingerprint density at radius 1 is 0.583 bits per heavy atom. The quantitative estimate of drug-likeness (QED) is 0.232. The smallest absolute Gasteiger partial charge is 0.102 e. The molecule has 2 heteroatoms. The molecule has 6 aromatic carbocycles. The van der Waals surface area contributed by atoms with Crippen LogP contribution in [0.2, 0.25) is 0 Å². The highest BCUT2D eigenvalue weighted by Gasteiger charge is 2.42. The standard InChI is InChI=1S/C34H27OP/c1-2-36(35,29-19-15-25-11-9-21-5-3-7-23-13-17-27(29)33(25)31(21)23)30-20-16-26-12-10-22-6-4-8-24-14-18-28(30)34(26)32(22)24/h3-18,29-30H,2,19-20H2,1H3. The SMILES string of the molecule is CCP(=O)(C1CC=c2ccc3cccc4ccc1c2c43)C1CC=c2ccc3cccc4ccc1c2c43. The lowest BCUT2D eigenvalue weighted by atomic mass is 9.89. The third kappa shape index (κ3) is 2.60. The highest BCUT2D eigenvalue weighted by Crippen LogP contribution is 2.72. The van der Waals surface area contributed by atoms with Crippen LogP contribution in [-0.2, 0) is 4.57 Å². The summed E-state index contributed by atoms with van der Waals surface area (Å²) in [6.07, 6.45) is 7.14. The van der Waals surface area contributed by atoms with Crippen molar-refractivity contribution in [1.82, 2.24) is 0 Å². The fourth-order valence-corrected chi connectivity index (χ4v) is 11.0. The number of hydrogen-bond acceptors (Lipinski definition) is 1. The molecule has 2 atom stereocenters. The molecule has 36 heavy (non-hydrogen) atoms. The molecule has 1 nitrogen and oxygen atoms in total. The van der Waals surface area contributed by atoms with E-state index in [4.69, 9.17) is 0 Å². The summed E-state index contributed by atoms with van der Waals surface area (Å²) in [7, 11) is -2.64. The van der Waals surface area contributed by atoms with Crippen molar-refractivity contribution in [1.29, 1.82) is 0 Å². The predicted octanol–water partition coefficient (Wildman–Crippen LogP) is 8.27. The molecule has 0 spiro atoms. The fourth-order valence-electron chi connectivity index (χ4n) is 7.39. The van der Waals surface area contributed by atoms with Crippen molar-refractivity contribution in [2.24, 2.45) is 0 Å². The van der Waals surface area contributed by atoms with E-state index >= 15 is 4.57 Å². The molecule has 0 saturated heterocycles. The number of rotatable bonds is 3. The van der Waals surface area contributed by atoms with Crippen LogP contribution in [-0.4, -0.2) is 6.16 Å². The Bertz CT molecular complexity index is 1860. The predicted molar refractivity (Wildman–Crippen MR) is 155 cm³/mol. The summed E-state index contributed by atoms with van der Waals surface area (Å²) in [6.45, 7) is 2.16. The maximum absolute atomic E-state index is 15.4. The Kier molecular flexibility index (Phi) is 4.21. The minimum Gasteiger partial charge on any atom is -0.322 e. The summed E-state index contributed by atoms with van der Waals surface area (Å²) in [5, 5.41) is 13.0. The van der Waals surface area contributed by atoms with Crippen LogP contribution in [0.25, 0.3) is 55.2 Å². The van der Waals surface area contributed by atoms with E-state index in [9.17, 15) is 0 Å². The molecule has 0 aliphatic heterocycles. The third-order valence-electron chi connectivity index (χ3n) is 9.07.